The summed E-state index contributed by atoms with van der Waals surface area (Å²) in [5.41, 5.74) is 0.846. The van der Waals surface area contributed by atoms with Gasteiger partial charge in [0.05, 0.1) is 0 Å². The molecule has 0 atom stereocenters. The van der Waals surface area contributed by atoms with Crippen molar-refractivity contribution in [2.45, 2.75) is 0 Å². The molecule has 3 aromatic rings. The van der Waals surface area contributed by atoms with Crippen LogP contribution in [-0.4, -0.2) is 4.98 Å². The maximum absolute atomic E-state index is 13.5. The average Bonchev–Trinajstić information content (AvgIpc) is 2.71. The van der Waals surface area contributed by atoms with Crippen molar-refractivity contribution < 1.29 is 13.2 Å². The predicted molar refractivity (Wildman–Crippen MR) is 59.4 cm³/mol. The predicted octanol–water partition coefficient (Wildman–Crippen LogP) is 3.77. The Hall–Kier alpha value is -2.23. The number of para-hydroxylation sites is 2. The summed E-state index contributed by atoms with van der Waals surface area (Å²) in [6, 6.07) is 10.6. The largest absolute Gasteiger partial charge is 0.436 e. The van der Waals surface area contributed by atoms with E-state index < -0.39 is 11.6 Å². The van der Waals surface area contributed by atoms with Gasteiger partial charge in [0.15, 0.2) is 5.58 Å². The van der Waals surface area contributed by atoms with E-state index in [1.165, 1.54) is 18.2 Å². The zero-order chi connectivity index (χ0) is 11.8. The summed E-state index contributed by atoms with van der Waals surface area (Å²) in [5.74, 6) is -1.41. The quantitative estimate of drug-likeness (QED) is 0.637. The van der Waals surface area contributed by atoms with Crippen molar-refractivity contribution in [3.63, 3.8) is 0 Å². The molecule has 4 heteroatoms. The fourth-order valence-electron chi connectivity index (χ4n) is 1.68. The number of fused-ring (bicyclic) bond motifs is 1. The number of oxazole rings is 1. The summed E-state index contributed by atoms with van der Waals surface area (Å²) in [6.07, 6.45) is 0. The molecule has 2 aromatic carbocycles. The molecule has 0 spiro atoms. The zero-order valence-electron chi connectivity index (χ0n) is 8.65. The highest BCUT2D eigenvalue weighted by Crippen LogP contribution is 2.28. The first kappa shape index (κ1) is 9.96. The van der Waals surface area contributed by atoms with E-state index in [1.807, 2.05) is 0 Å². The topological polar surface area (TPSA) is 26.0 Å². The lowest BCUT2D eigenvalue weighted by Crippen LogP contribution is -1.89. The summed E-state index contributed by atoms with van der Waals surface area (Å²) >= 11 is 0. The van der Waals surface area contributed by atoms with Gasteiger partial charge < -0.3 is 4.42 Å². The highest BCUT2D eigenvalue weighted by Gasteiger charge is 2.16. The molecule has 0 saturated heterocycles. The van der Waals surface area contributed by atoms with Crippen LogP contribution in [0.3, 0.4) is 0 Å². The highest BCUT2D eigenvalue weighted by molar-refractivity contribution is 5.76. The first-order valence-electron chi connectivity index (χ1n) is 5.05. The van der Waals surface area contributed by atoms with Crippen LogP contribution in [0.4, 0.5) is 8.78 Å². The Kier molecular flexibility index (Phi) is 2.14. The third-order valence-electron chi connectivity index (χ3n) is 2.47. The summed E-state index contributed by atoms with van der Waals surface area (Å²) in [6.45, 7) is 0. The van der Waals surface area contributed by atoms with Crippen molar-refractivity contribution in [3.8, 4) is 11.5 Å². The van der Waals surface area contributed by atoms with Gasteiger partial charge in [0.1, 0.15) is 22.7 Å². The van der Waals surface area contributed by atoms with Crippen molar-refractivity contribution in [1.29, 1.82) is 0 Å². The third kappa shape index (κ3) is 1.58. The minimum Gasteiger partial charge on any atom is -0.436 e. The fourth-order valence-corrected chi connectivity index (χ4v) is 1.68. The summed E-state index contributed by atoms with van der Waals surface area (Å²) < 4.78 is 32.4. The maximum Gasteiger partial charge on any atom is 0.233 e. The van der Waals surface area contributed by atoms with Crippen LogP contribution in [0.2, 0.25) is 0 Å². The van der Waals surface area contributed by atoms with Gasteiger partial charge in [-0.2, -0.15) is 0 Å². The van der Waals surface area contributed by atoms with E-state index in [2.05, 4.69) is 4.98 Å². The SMILES string of the molecule is Fc1cccc(F)c1-c1nc2ccccc2o1. The molecule has 0 aliphatic carbocycles. The number of hydrogen-bond acceptors (Lipinski definition) is 2. The van der Waals surface area contributed by atoms with Gasteiger partial charge in [-0.05, 0) is 24.3 Å². The average molecular weight is 231 g/mol. The Morgan fingerprint density at radius 1 is 0.882 bits per heavy atom. The molecule has 0 N–H and O–H groups in total. The van der Waals surface area contributed by atoms with E-state index in [9.17, 15) is 8.78 Å². The van der Waals surface area contributed by atoms with Crippen LogP contribution in [0.5, 0.6) is 0 Å². The lowest BCUT2D eigenvalue weighted by atomic mass is 10.2. The first-order valence-corrected chi connectivity index (χ1v) is 5.05. The molecule has 84 valence electrons. The van der Waals surface area contributed by atoms with Crippen LogP contribution in [-0.2, 0) is 0 Å². The van der Waals surface area contributed by atoms with Gasteiger partial charge in [0, 0.05) is 0 Å². The minimum absolute atomic E-state index is 0.0400. The molecule has 1 aromatic heterocycles. The molecule has 0 aliphatic heterocycles. The molecule has 0 saturated carbocycles. The van der Waals surface area contributed by atoms with E-state index in [4.69, 9.17) is 4.42 Å². The maximum atomic E-state index is 13.5. The fraction of sp³-hybridized carbons (Fsp3) is 0. The molecular weight excluding hydrogens is 224 g/mol. The van der Waals surface area contributed by atoms with E-state index in [0.29, 0.717) is 11.1 Å². The molecule has 0 fully saturated rings. The van der Waals surface area contributed by atoms with Crippen LogP contribution in [0.25, 0.3) is 22.6 Å². The number of hydrogen-bond donors (Lipinski definition) is 0. The number of benzene rings is 2. The van der Waals surface area contributed by atoms with E-state index >= 15 is 0 Å². The zero-order valence-corrected chi connectivity index (χ0v) is 8.65. The van der Waals surface area contributed by atoms with Gasteiger partial charge in [-0.1, -0.05) is 18.2 Å². The standard InChI is InChI=1S/C13H7F2NO/c14-8-4-3-5-9(15)12(8)13-16-10-6-1-2-7-11(10)17-13/h1-7H. The van der Waals surface area contributed by atoms with Crippen molar-refractivity contribution in [2.24, 2.45) is 0 Å². The second kappa shape index (κ2) is 3.66. The molecule has 2 nitrogen and oxygen atoms in total. The van der Waals surface area contributed by atoms with Crippen LogP contribution in [0.15, 0.2) is 46.9 Å². The Labute approximate surface area is 95.5 Å². The van der Waals surface area contributed by atoms with Crippen molar-refractivity contribution >= 4 is 11.1 Å². The van der Waals surface area contributed by atoms with Crippen molar-refractivity contribution in [3.05, 3.63) is 54.1 Å². The van der Waals surface area contributed by atoms with Gasteiger partial charge >= 0.3 is 0 Å². The van der Waals surface area contributed by atoms with Crippen LogP contribution < -0.4 is 0 Å². The summed E-state index contributed by atoms with van der Waals surface area (Å²) in [7, 11) is 0. The minimum atomic E-state index is -0.684. The molecule has 0 bridgehead atoms. The molecular formula is C13H7F2NO. The normalized spacial score (nSPS) is 10.9. The smallest absolute Gasteiger partial charge is 0.233 e. The molecule has 3 rings (SSSR count). The summed E-state index contributed by atoms with van der Waals surface area (Å²) in [5, 5.41) is 0. The second-order valence-corrected chi connectivity index (χ2v) is 3.58. The number of aromatic nitrogens is 1. The van der Waals surface area contributed by atoms with Crippen LogP contribution in [0, 0.1) is 11.6 Å². The van der Waals surface area contributed by atoms with Gasteiger partial charge in [-0.25, -0.2) is 13.8 Å². The second-order valence-electron chi connectivity index (χ2n) is 3.58. The molecule has 1 heterocycles. The summed E-state index contributed by atoms with van der Waals surface area (Å²) in [4.78, 5) is 4.06. The molecule has 0 unspecified atom stereocenters. The molecule has 0 amide bonds. The Bertz CT molecular complexity index is 637. The first-order chi connectivity index (χ1) is 8.25. The van der Waals surface area contributed by atoms with E-state index in [-0.39, 0.29) is 11.5 Å². The van der Waals surface area contributed by atoms with Gasteiger partial charge in [0.2, 0.25) is 5.89 Å². The lowest BCUT2D eigenvalue weighted by molar-refractivity contribution is 0.561. The number of nitrogens with zero attached hydrogens (tertiary/aromatic N) is 1. The van der Waals surface area contributed by atoms with Crippen LogP contribution in [0.1, 0.15) is 0 Å². The van der Waals surface area contributed by atoms with Gasteiger partial charge in [-0.15, -0.1) is 0 Å². The van der Waals surface area contributed by atoms with Crippen molar-refractivity contribution in [1.82, 2.24) is 4.98 Å². The van der Waals surface area contributed by atoms with Crippen LogP contribution >= 0.6 is 0 Å². The Morgan fingerprint density at radius 3 is 2.29 bits per heavy atom. The van der Waals surface area contributed by atoms with E-state index in [1.54, 1.807) is 24.3 Å². The van der Waals surface area contributed by atoms with E-state index in [0.717, 1.165) is 0 Å². The lowest BCUT2D eigenvalue weighted by Gasteiger charge is -1.98. The molecule has 0 aliphatic rings. The monoisotopic (exact) mass is 231 g/mol. The Balaban J connectivity index is 2.27. The third-order valence-corrected chi connectivity index (χ3v) is 2.47. The number of rotatable bonds is 1. The van der Waals surface area contributed by atoms with Gasteiger partial charge in [-0.3, -0.25) is 0 Å². The Morgan fingerprint density at radius 2 is 1.59 bits per heavy atom. The van der Waals surface area contributed by atoms with Crippen molar-refractivity contribution in [2.75, 3.05) is 0 Å². The number of halogens is 2. The van der Waals surface area contributed by atoms with Gasteiger partial charge in [0.25, 0.3) is 0 Å². The highest BCUT2D eigenvalue weighted by atomic mass is 19.1. The molecule has 17 heavy (non-hydrogen) atoms. The molecule has 0 radical (unpaired) electrons.